The molecule has 0 saturated heterocycles. The van der Waals surface area contributed by atoms with E-state index in [0.717, 1.165) is 30.6 Å². The molecule has 2 nitrogen and oxygen atoms in total. The molecule has 0 bridgehead atoms. The fraction of sp³-hybridized carbons (Fsp3) is 0.500. The van der Waals surface area contributed by atoms with Crippen molar-refractivity contribution in [1.29, 1.82) is 0 Å². The Hall–Kier alpha value is -0.540. The SMILES string of the molecule is O=C(O)C1(c2sccc2Cl)CCCC1. The Morgan fingerprint density at radius 2 is 2.14 bits per heavy atom. The average Bonchev–Trinajstić information content (AvgIpc) is 2.72. The van der Waals surface area contributed by atoms with Crippen molar-refractivity contribution in [3.8, 4) is 0 Å². The molecule has 1 aromatic rings. The number of thiophene rings is 1. The van der Waals surface area contributed by atoms with Gasteiger partial charge in [-0.15, -0.1) is 11.3 Å². The summed E-state index contributed by atoms with van der Waals surface area (Å²) in [5.74, 6) is -0.723. The van der Waals surface area contributed by atoms with Crippen molar-refractivity contribution >= 4 is 28.9 Å². The molecule has 0 aromatic carbocycles. The summed E-state index contributed by atoms with van der Waals surface area (Å²) in [6.45, 7) is 0. The molecule has 0 aliphatic heterocycles. The number of carboxylic acid groups (broad SMARTS) is 1. The molecule has 76 valence electrons. The first-order chi connectivity index (χ1) is 6.67. The molecule has 2 rings (SSSR count). The lowest BCUT2D eigenvalue weighted by Gasteiger charge is -2.22. The minimum Gasteiger partial charge on any atom is -0.481 e. The standard InChI is InChI=1S/C10H11ClO2S/c11-7-3-6-14-8(7)10(9(12)13)4-1-2-5-10/h3,6H,1-2,4-5H2,(H,12,13). The van der Waals surface area contributed by atoms with E-state index in [1.807, 2.05) is 5.38 Å². The summed E-state index contributed by atoms with van der Waals surface area (Å²) < 4.78 is 0. The highest BCUT2D eigenvalue weighted by Crippen LogP contribution is 2.46. The zero-order chi connectivity index (χ0) is 10.2. The van der Waals surface area contributed by atoms with Crippen molar-refractivity contribution in [3.05, 3.63) is 21.3 Å². The van der Waals surface area contributed by atoms with E-state index in [1.165, 1.54) is 11.3 Å². The minimum atomic E-state index is -0.723. The van der Waals surface area contributed by atoms with Gasteiger partial charge in [0.1, 0.15) is 5.41 Å². The number of carboxylic acids is 1. The predicted octanol–water partition coefficient (Wildman–Crippen LogP) is 3.30. The van der Waals surface area contributed by atoms with Crippen LogP contribution in [0.25, 0.3) is 0 Å². The second-order valence-corrected chi connectivity index (χ2v) is 5.02. The van der Waals surface area contributed by atoms with Gasteiger partial charge in [-0.3, -0.25) is 4.79 Å². The summed E-state index contributed by atoms with van der Waals surface area (Å²) in [5.41, 5.74) is -0.689. The van der Waals surface area contributed by atoms with Gasteiger partial charge in [0.2, 0.25) is 0 Å². The number of rotatable bonds is 2. The van der Waals surface area contributed by atoms with Crippen LogP contribution in [0.3, 0.4) is 0 Å². The van der Waals surface area contributed by atoms with Gasteiger partial charge in [-0.05, 0) is 24.3 Å². The zero-order valence-corrected chi connectivity index (χ0v) is 9.20. The molecule has 14 heavy (non-hydrogen) atoms. The van der Waals surface area contributed by atoms with Gasteiger partial charge >= 0.3 is 5.97 Å². The van der Waals surface area contributed by atoms with E-state index in [9.17, 15) is 9.90 Å². The van der Waals surface area contributed by atoms with Gasteiger partial charge in [0.05, 0.1) is 5.02 Å². The number of halogens is 1. The highest BCUT2D eigenvalue weighted by molar-refractivity contribution is 7.10. The highest BCUT2D eigenvalue weighted by atomic mass is 35.5. The largest absolute Gasteiger partial charge is 0.481 e. The smallest absolute Gasteiger partial charge is 0.315 e. The number of carbonyl (C=O) groups is 1. The fourth-order valence-electron chi connectivity index (χ4n) is 2.15. The Morgan fingerprint density at radius 1 is 1.50 bits per heavy atom. The summed E-state index contributed by atoms with van der Waals surface area (Å²) >= 11 is 7.46. The molecule has 0 unspecified atom stereocenters. The predicted molar refractivity (Wildman–Crippen MR) is 57.1 cm³/mol. The molecule has 1 aliphatic carbocycles. The Kier molecular flexibility index (Phi) is 2.54. The summed E-state index contributed by atoms with van der Waals surface area (Å²) in [7, 11) is 0. The third-order valence-corrected chi connectivity index (χ3v) is 4.46. The third-order valence-electron chi connectivity index (χ3n) is 2.92. The quantitative estimate of drug-likeness (QED) is 0.847. The van der Waals surface area contributed by atoms with Crippen molar-refractivity contribution in [2.75, 3.05) is 0 Å². The van der Waals surface area contributed by atoms with E-state index in [2.05, 4.69) is 0 Å². The molecule has 1 aliphatic rings. The molecule has 0 radical (unpaired) electrons. The molecule has 1 saturated carbocycles. The highest BCUT2D eigenvalue weighted by Gasteiger charge is 2.45. The lowest BCUT2D eigenvalue weighted by atomic mass is 9.85. The van der Waals surface area contributed by atoms with Gasteiger partial charge in [0.25, 0.3) is 0 Å². The van der Waals surface area contributed by atoms with E-state index in [4.69, 9.17) is 11.6 Å². The average molecular weight is 231 g/mol. The van der Waals surface area contributed by atoms with Crippen molar-refractivity contribution in [2.24, 2.45) is 0 Å². The lowest BCUT2D eigenvalue weighted by molar-refractivity contribution is -0.143. The first-order valence-corrected chi connectivity index (χ1v) is 5.89. The Labute approximate surface area is 91.5 Å². The van der Waals surface area contributed by atoms with Crippen LogP contribution in [0.15, 0.2) is 11.4 Å². The van der Waals surface area contributed by atoms with Gasteiger partial charge in [-0.25, -0.2) is 0 Å². The monoisotopic (exact) mass is 230 g/mol. The minimum absolute atomic E-state index is 0.610. The van der Waals surface area contributed by atoms with E-state index >= 15 is 0 Å². The van der Waals surface area contributed by atoms with Crippen LogP contribution in [0.4, 0.5) is 0 Å². The summed E-state index contributed by atoms with van der Waals surface area (Å²) in [5, 5.41) is 11.8. The summed E-state index contributed by atoms with van der Waals surface area (Å²) in [4.78, 5) is 12.2. The summed E-state index contributed by atoms with van der Waals surface area (Å²) in [6, 6.07) is 1.78. The van der Waals surface area contributed by atoms with Crippen molar-refractivity contribution < 1.29 is 9.90 Å². The first-order valence-electron chi connectivity index (χ1n) is 4.64. The van der Waals surface area contributed by atoms with Crippen molar-refractivity contribution in [1.82, 2.24) is 0 Å². The Balaban J connectivity index is 2.46. The molecule has 1 fully saturated rings. The molecule has 0 atom stereocenters. The van der Waals surface area contributed by atoms with Gasteiger partial charge in [-0.1, -0.05) is 24.4 Å². The normalized spacial score (nSPS) is 19.8. The van der Waals surface area contributed by atoms with Crippen LogP contribution >= 0.6 is 22.9 Å². The molecule has 1 aromatic heterocycles. The van der Waals surface area contributed by atoms with Crippen LogP contribution in [0, 0.1) is 0 Å². The Bertz CT molecular complexity index is 353. The second-order valence-electron chi connectivity index (χ2n) is 3.69. The number of hydrogen-bond donors (Lipinski definition) is 1. The molecule has 4 heteroatoms. The molecule has 1 heterocycles. The third kappa shape index (κ3) is 1.35. The van der Waals surface area contributed by atoms with E-state index < -0.39 is 11.4 Å². The van der Waals surface area contributed by atoms with Gasteiger partial charge in [-0.2, -0.15) is 0 Å². The molecule has 0 spiro atoms. The van der Waals surface area contributed by atoms with Crippen LogP contribution in [-0.4, -0.2) is 11.1 Å². The van der Waals surface area contributed by atoms with Crippen LogP contribution in [-0.2, 0) is 10.2 Å². The molecular formula is C10H11ClO2S. The molecule has 0 amide bonds. The summed E-state index contributed by atoms with van der Waals surface area (Å²) in [6.07, 6.45) is 3.42. The van der Waals surface area contributed by atoms with Crippen molar-refractivity contribution in [2.45, 2.75) is 31.1 Å². The topological polar surface area (TPSA) is 37.3 Å². The first kappa shape index (κ1) is 9.99. The van der Waals surface area contributed by atoms with E-state index in [1.54, 1.807) is 6.07 Å². The van der Waals surface area contributed by atoms with Gasteiger partial charge in [0, 0.05) is 4.88 Å². The lowest BCUT2D eigenvalue weighted by Crippen LogP contribution is -2.31. The van der Waals surface area contributed by atoms with E-state index in [-0.39, 0.29) is 0 Å². The van der Waals surface area contributed by atoms with Crippen LogP contribution in [0.1, 0.15) is 30.6 Å². The fourth-order valence-corrected chi connectivity index (χ4v) is 3.64. The van der Waals surface area contributed by atoms with Gasteiger partial charge in [0.15, 0.2) is 0 Å². The maximum absolute atomic E-state index is 11.3. The number of hydrogen-bond acceptors (Lipinski definition) is 2. The maximum Gasteiger partial charge on any atom is 0.315 e. The van der Waals surface area contributed by atoms with Gasteiger partial charge < -0.3 is 5.11 Å². The zero-order valence-electron chi connectivity index (χ0n) is 7.62. The maximum atomic E-state index is 11.3. The Morgan fingerprint density at radius 3 is 2.57 bits per heavy atom. The second kappa shape index (κ2) is 3.55. The molecular weight excluding hydrogens is 220 g/mol. The van der Waals surface area contributed by atoms with Crippen LogP contribution in [0.2, 0.25) is 5.02 Å². The van der Waals surface area contributed by atoms with Crippen LogP contribution < -0.4 is 0 Å². The van der Waals surface area contributed by atoms with Crippen LogP contribution in [0.5, 0.6) is 0 Å². The number of aliphatic carboxylic acids is 1. The molecule has 1 N–H and O–H groups in total. The van der Waals surface area contributed by atoms with Crippen molar-refractivity contribution in [3.63, 3.8) is 0 Å². The van der Waals surface area contributed by atoms with E-state index in [0.29, 0.717) is 5.02 Å².